The van der Waals surface area contributed by atoms with Crippen molar-refractivity contribution in [3.05, 3.63) is 42.8 Å². The van der Waals surface area contributed by atoms with E-state index in [1.165, 1.54) is 19.4 Å². The normalized spacial score (nSPS) is 6.83. The third kappa shape index (κ3) is 12.9. The van der Waals surface area contributed by atoms with Crippen molar-refractivity contribution in [2.75, 3.05) is 0 Å². The third-order valence-electron chi connectivity index (χ3n) is 0.843. The third-order valence-corrected chi connectivity index (χ3v) is 0.843. The molecular weight excluding hydrogens is 220 g/mol. The second-order valence-electron chi connectivity index (χ2n) is 2.06. The van der Waals surface area contributed by atoms with Gasteiger partial charge in [0.25, 0.3) is 0 Å². The van der Waals surface area contributed by atoms with E-state index in [9.17, 15) is 0 Å². The topological polar surface area (TPSA) is 0 Å². The Hall–Kier alpha value is 0.311. The SMILES string of the molecule is C[SiH]C.[CH2-]c1ccccc1.[Cl][Ti+]. The first-order chi connectivity index (χ1) is 5.81. The predicted molar refractivity (Wildman–Crippen MR) is 55.6 cm³/mol. The molecule has 0 aromatic heterocycles. The van der Waals surface area contributed by atoms with Crippen molar-refractivity contribution in [1.82, 2.24) is 0 Å². The first-order valence-electron chi connectivity index (χ1n) is 3.61. The monoisotopic (exact) mass is 233 g/mol. The number of benzene rings is 1. The summed E-state index contributed by atoms with van der Waals surface area (Å²) < 4.78 is 0. The summed E-state index contributed by atoms with van der Waals surface area (Å²) in [5.74, 6) is 0. The van der Waals surface area contributed by atoms with E-state index in [2.05, 4.69) is 29.3 Å². The van der Waals surface area contributed by atoms with Crippen molar-refractivity contribution in [3.63, 3.8) is 0 Å². The zero-order valence-corrected chi connectivity index (χ0v) is 11.0. The van der Waals surface area contributed by atoms with Gasteiger partial charge in [-0.25, -0.2) is 0 Å². The summed E-state index contributed by atoms with van der Waals surface area (Å²) in [7, 11) is 5.39. The molecule has 0 saturated heterocycles. The molecule has 0 bridgehead atoms. The van der Waals surface area contributed by atoms with Crippen LogP contribution in [-0.4, -0.2) is 9.52 Å². The van der Waals surface area contributed by atoms with Crippen LogP contribution in [0.1, 0.15) is 5.56 Å². The summed E-state index contributed by atoms with van der Waals surface area (Å²) in [6.07, 6.45) is 0. The van der Waals surface area contributed by atoms with Crippen LogP contribution in [0.2, 0.25) is 13.1 Å². The Bertz CT molecular complexity index is 156. The summed E-state index contributed by atoms with van der Waals surface area (Å²) in [4.78, 5) is 0. The number of hydrogen-bond acceptors (Lipinski definition) is 0. The molecular formula is C9H14ClSiTi. The molecule has 0 nitrogen and oxygen atoms in total. The minimum absolute atomic E-state index is 0.750. The van der Waals surface area contributed by atoms with Gasteiger partial charge in [0, 0.05) is 9.52 Å². The molecule has 0 fully saturated rings. The van der Waals surface area contributed by atoms with Gasteiger partial charge in [-0.15, -0.1) is 12.1 Å². The molecule has 0 N–H and O–H groups in total. The van der Waals surface area contributed by atoms with E-state index in [-0.39, 0.29) is 0 Å². The molecule has 65 valence electrons. The number of hydrogen-bond donors (Lipinski definition) is 0. The fourth-order valence-corrected chi connectivity index (χ4v) is 0.478. The van der Waals surface area contributed by atoms with Gasteiger partial charge in [-0.3, -0.25) is 0 Å². The molecule has 1 radical (unpaired) electrons. The maximum absolute atomic E-state index is 4.64. The Morgan fingerprint density at radius 1 is 1.17 bits per heavy atom. The van der Waals surface area contributed by atoms with E-state index in [1.807, 2.05) is 30.3 Å². The molecule has 0 aliphatic rings. The molecule has 3 heteroatoms. The second-order valence-corrected chi connectivity index (χ2v) is 3.22. The van der Waals surface area contributed by atoms with Crippen LogP contribution in [0.15, 0.2) is 30.3 Å². The first kappa shape index (κ1) is 14.8. The summed E-state index contributed by atoms with van der Waals surface area (Å²) in [6.45, 7) is 8.14. The van der Waals surface area contributed by atoms with Crippen molar-refractivity contribution < 1.29 is 19.4 Å². The summed E-state index contributed by atoms with van der Waals surface area (Å²) in [5, 5.41) is 0. The zero-order valence-electron chi connectivity index (χ0n) is 7.55. The fraction of sp³-hybridized carbons (Fsp3) is 0.222. The van der Waals surface area contributed by atoms with Gasteiger partial charge in [-0.1, -0.05) is 19.2 Å². The van der Waals surface area contributed by atoms with Gasteiger partial charge >= 0.3 is 28.7 Å². The second kappa shape index (κ2) is 13.9. The van der Waals surface area contributed by atoms with E-state index in [4.69, 9.17) is 0 Å². The van der Waals surface area contributed by atoms with E-state index < -0.39 is 0 Å². The molecule has 0 atom stereocenters. The number of rotatable bonds is 0. The molecule has 1 aromatic carbocycles. The first-order valence-corrected chi connectivity index (χ1v) is 8.07. The van der Waals surface area contributed by atoms with Crippen LogP contribution in [0.4, 0.5) is 0 Å². The molecule has 12 heavy (non-hydrogen) atoms. The average Bonchev–Trinajstić information content (AvgIpc) is 2.11. The molecule has 0 unspecified atom stereocenters. The standard InChI is InChI=1S/C7H7.C2H7Si.ClH.Ti/c1-7-5-3-2-4-6-7;1-3-2;;/h2-6H,1H2;3H,1-2H3;1H;/q-1;;;+2/p-1. The summed E-state index contributed by atoms with van der Waals surface area (Å²) >= 11 is 1.47. The molecule has 0 aliphatic carbocycles. The Morgan fingerprint density at radius 2 is 1.50 bits per heavy atom. The average molecular weight is 234 g/mol. The molecule has 0 aliphatic heterocycles. The number of halogens is 1. The van der Waals surface area contributed by atoms with Gasteiger partial charge in [0.05, 0.1) is 0 Å². The fourth-order valence-electron chi connectivity index (χ4n) is 0.478. The Labute approximate surface area is 93.8 Å². The molecule has 0 saturated carbocycles. The quantitative estimate of drug-likeness (QED) is 0.477. The van der Waals surface area contributed by atoms with Crippen molar-refractivity contribution in [3.8, 4) is 0 Å². The van der Waals surface area contributed by atoms with Gasteiger partial charge < -0.3 is 0 Å². The molecule has 0 spiro atoms. The maximum atomic E-state index is 4.64. The Balaban J connectivity index is 0. The van der Waals surface area contributed by atoms with Crippen LogP contribution >= 0.6 is 9.30 Å². The van der Waals surface area contributed by atoms with Crippen LogP contribution in [0.5, 0.6) is 0 Å². The summed E-state index contributed by atoms with van der Waals surface area (Å²) in [6, 6.07) is 9.87. The minimum atomic E-state index is 0.750. The van der Waals surface area contributed by atoms with Gasteiger partial charge in [-0.05, 0) is 0 Å². The van der Waals surface area contributed by atoms with Crippen LogP contribution in [0.25, 0.3) is 0 Å². The van der Waals surface area contributed by atoms with Gasteiger partial charge in [-0.2, -0.15) is 24.6 Å². The van der Waals surface area contributed by atoms with Crippen LogP contribution < -0.4 is 0 Å². The molecule has 1 aromatic rings. The molecule has 0 heterocycles. The van der Waals surface area contributed by atoms with Gasteiger partial charge in [0.1, 0.15) is 0 Å². The zero-order chi connectivity index (χ0) is 9.82. The van der Waals surface area contributed by atoms with E-state index in [1.54, 1.807) is 0 Å². The van der Waals surface area contributed by atoms with Crippen molar-refractivity contribution in [2.24, 2.45) is 0 Å². The van der Waals surface area contributed by atoms with E-state index in [0.717, 1.165) is 15.1 Å². The van der Waals surface area contributed by atoms with Crippen molar-refractivity contribution >= 4 is 18.8 Å². The Morgan fingerprint density at radius 3 is 1.67 bits per heavy atom. The van der Waals surface area contributed by atoms with Crippen LogP contribution in [-0.2, 0) is 19.4 Å². The van der Waals surface area contributed by atoms with E-state index in [0.29, 0.717) is 0 Å². The van der Waals surface area contributed by atoms with Crippen LogP contribution in [0.3, 0.4) is 0 Å². The van der Waals surface area contributed by atoms with E-state index >= 15 is 0 Å². The summed E-state index contributed by atoms with van der Waals surface area (Å²) in [5.41, 5.74) is 1.07. The van der Waals surface area contributed by atoms with Gasteiger partial charge in [0.2, 0.25) is 0 Å². The molecule has 1 rings (SSSR count). The van der Waals surface area contributed by atoms with Crippen molar-refractivity contribution in [2.45, 2.75) is 13.1 Å². The predicted octanol–water partition coefficient (Wildman–Crippen LogP) is 3.07. The van der Waals surface area contributed by atoms with Crippen molar-refractivity contribution in [1.29, 1.82) is 0 Å². The Kier molecular flexibility index (Phi) is 17.1. The molecule has 0 amide bonds. The van der Waals surface area contributed by atoms with Crippen LogP contribution in [0, 0.1) is 6.92 Å². The van der Waals surface area contributed by atoms with Gasteiger partial charge in [0.15, 0.2) is 0 Å².